The lowest BCUT2D eigenvalue weighted by Crippen LogP contribution is -2.46. The van der Waals surface area contributed by atoms with Gasteiger partial charge in [0.25, 0.3) is 5.91 Å². The predicted molar refractivity (Wildman–Crippen MR) is 94.8 cm³/mol. The highest BCUT2D eigenvalue weighted by molar-refractivity contribution is 7.89. The number of likely N-dealkylation sites (tertiary alicyclic amines) is 1. The molecule has 0 aromatic heterocycles. The maximum Gasteiger partial charge on any atom is 0.253 e. The molecule has 0 saturated carbocycles. The minimum Gasteiger partial charge on any atom is -0.339 e. The Morgan fingerprint density at radius 3 is 2.29 bits per heavy atom. The molecule has 2 saturated heterocycles. The summed E-state index contributed by atoms with van der Waals surface area (Å²) in [5.74, 6) is -0.0716. The summed E-state index contributed by atoms with van der Waals surface area (Å²) in [5.41, 5.74) is 1.51. The second-order valence-corrected chi connectivity index (χ2v) is 9.31. The van der Waals surface area contributed by atoms with E-state index in [2.05, 4.69) is 0 Å². The number of carbonyl (C=O) groups excluding carboxylic acids is 1. The Kier molecular flexibility index (Phi) is 5.18. The molecule has 1 aromatic rings. The molecule has 0 unspecified atom stereocenters. The number of rotatable bonds is 3. The summed E-state index contributed by atoms with van der Waals surface area (Å²) in [6.07, 6.45) is 2.91. The molecule has 2 fully saturated rings. The summed E-state index contributed by atoms with van der Waals surface area (Å²) in [5, 5.41) is 0.186. The number of benzene rings is 1. The molecule has 2 heterocycles. The van der Waals surface area contributed by atoms with E-state index in [0.29, 0.717) is 49.6 Å². The second kappa shape index (κ2) is 7.02. The predicted octanol–water partition coefficient (Wildman–Crippen LogP) is 2.68. The van der Waals surface area contributed by atoms with Crippen molar-refractivity contribution in [3.05, 3.63) is 34.3 Å². The molecule has 0 aliphatic carbocycles. The van der Waals surface area contributed by atoms with Crippen molar-refractivity contribution in [3.8, 4) is 0 Å². The molecule has 0 bridgehead atoms. The summed E-state index contributed by atoms with van der Waals surface area (Å²) in [7, 11) is -3.21. The fourth-order valence-corrected chi connectivity index (χ4v) is 5.84. The van der Waals surface area contributed by atoms with Crippen molar-refractivity contribution in [3.63, 3.8) is 0 Å². The van der Waals surface area contributed by atoms with E-state index in [9.17, 15) is 13.2 Å². The van der Waals surface area contributed by atoms with Gasteiger partial charge in [0.15, 0.2) is 0 Å². The minimum absolute atomic E-state index is 0.0716. The van der Waals surface area contributed by atoms with E-state index >= 15 is 0 Å². The van der Waals surface area contributed by atoms with Crippen LogP contribution in [0.25, 0.3) is 0 Å². The van der Waals surface area contributed by atoms with Crippen LogP contribution in [0.2, 0.25) is 5.02 Å². The van der Waals surface area contributed by atoms with Crippen LogP contribution in [-0.4, -0.2) is 55.0 Å². The van der Waals surface area contributed by atoms with Crippen molar-refractivity contribution in [2.45, 2.75) is 37.9 Å². The lowest BCUT2D eigenvalue weighted by Gasteiger charge is -2.33. The normalized spacial score (nSPS) is 20.5. The van der Waals surface area contributed by atoms with Crippen LogP contribution in [0, 0.1) is 6.92 Å². The molecular formula is C17H23ClN2O3S. The van der Waals surface area contributed by atoms with Crippen LogP contribution in [0.4, 0.5) is 0 Å². The molecule has 1 aromatic carbocycles. The first kappa shape index (κ1) is 17.7. The topological polar surface area (TPSA) is 57.7 Å². The van der Waals surface area contributed by atoms with E-state index in [0.717, 1.165) is 18.4 Å². The van der Waals surface area contributed by atoms with Crippen LogP contribution in [0.1, 0.15) is 41.6 Å². The molecule has 5 nitrogen and oxygen atoms in total. The first-order chi connectivity index (χ1) is 11.4. The van der Waals surface area contributed by atoms with Crippen LogP contribution in [0.5, 0.6) is 0 Å². The number of hydrogen-bond donors (Lipinski definition) is 0. The molecule has 1 amide bonds. The number of sulfonamides is 1. The zero-order chi connectivity index (χ0) is 17.3. The molecule has 0 radical (unpaired) electrons. The zero-order valence-electron chi connectivity index (χ0n) is 13.9. The fraction of sp³-hybridized carbons (Fsp3) is 0.588. The maximum atomic E-state index is 12.6. The van der Waals surface area contributed by atoms with E-state index in [1.807, 2.05) is 19.1 Å². The Balaban J connectivity index is 1.65. The van der Waals surface area contributed by atoms with Gasteiger partial charge < -0.3 is 4.90 Å². The summed E-state index contributed by atoms with van der Waals surface area (Å²) in [4.78, 5) is 14.4. The number of halogens is 1. The van der Waals surface area contributed by atoms with E-state index in [1.165, 1.54) is 0 Å². The Hall–Kier alpha value is -1.11. The third-order valence-corrected chi connectivity index (χ3v) is 7.48. The molecule has 0 atom stereocenters. The molecule has 7 heteroatoms. The number of piperidine rings is 1. The van der Waals surface area contributed by atoms with Gasteiger partial charge in [0.05, 0.1) is 5.25 Å². The average molecular weight is 371 g/mol. The molecule has 3 rings (SSSR count). The Morgan fingerprint density at radius 1 is 1.08 bits per heavy atom. The van der Waals surface area contributed by atoms with Gasteiger partial charge in [0.1, 0.15) is 0 Å². The van der Waals surface area contributed by atoms with Gasteiger partial charge in [-0.15, -0.1) is 0 Å². The largest absolute Gasteiger partial charge is 0.339 e. The summed E-state index contributed by atoms with van der Waals surface area (Å²) in [6, 6.07) is 5.30. The third-order valence-electron chi connectivity index (χ3n) is 4.86. The maximum absolute atomic E-state index is 12.6. The van der Waals surface area contributed by atoms with E-state index in [1.54, 1.807) is 15.3 Å². The van der Waals surface area contributed by atoms with Crippen molar-refractivity contribution in [2.24, 2.45) is 0 Å². The SMILES string of the molecule is Cc1cc(Cl)cc(C(=O)N2CCC(S(=O)(=O)N3CCCC3)CC2)c1. The molecule has 132 valence electrons. The molecule has 2 aliphatic rings. The summed E-state index contributed by atoms with van der Waals surface area (Å²) >= 11 is 6.03. The minimum atomic E-state index is -3.21. The standard InChI is InChI=1S/C17H23ClN2O3S/c1-13-10-14(12-15(18)11-13)17(21)19-8-4-16(5-9-19)24(22,23)20-6-2-3-7-20/h10-12,16H,2-9H2,1H3. The summed E-state index contributed by atoms with van der Waals surface area (Å²) in [6.45, 7) is 4.13. The Labute approximate surface area is 148 Å². The van der Waals surface area contributed by atoms with Gasteiger partial charge in [0.2, 0.25) is 10.0 Å². The number of aryl methyl sites for hydroxylation is 1. The molecule has 0 N–H and O–H groups in total. The van der Waals surface area contributed by atoms with Crippen LogP contribution in [0.3, 0.4) is 0 Å². The van der Waals surface area contributed by atoms with Crippen molar-refractivity contribution >= 4 is 27.5 Å². The highest BCUT2D eigenvalue weighted by atomic mass is 35.5. The monoisotopic (exact) mass is 370 g/mol. The van der Waals surface area contributed by atoms with Crippen LogP contribution < -0.4 is 0 Å². The van der Waals surface area contributed by atoms with Gasteiger partial charge in [0, 0.05) is 36.8 Å². The lowest BCUT2D eigenvalue weighted by atomic mass is 10.1. The van der Waals surface area contributed by atoms with Crippen molar-refractivity contribution in [1.82, 2.24) is 9.21 Å². The first-order valence-electron chi connectivity index (χ1n) is 8.43. The highest BCUT2D eigenvalue weighted by Gasteiger charge is 2.36. The van der Waals surface area contributed by atoms with Gasteiger partial charge in [-0.2, -0.15) is 0 Å². The highest BCUT2D eigenvalue weighted by Crippen LogP contribution is 2.25. The fourth-order valence-electron chi connectivity index (χ4n) is 3.55. The van der Waals surface area contributed by atoms with Crippen molar-refractivity contribution in [2.75, 3.05) is 26.2 Å². The number of amides is 1. The lowest BCUT2D eigenvalue weighted by molar-refractivity contribution is 0.0724. The molecule has 2 aliphatic heterocycles. The smallest absolute Gasteiger partial charge is 0.253 e. The summed E-state index contributed by atoms with van der Waals surface area (Å²) < 4.78 is 26.9. The van der Waals surface area contributed by atoms with Gasteiger partial charge in [-0.05, 0) is 56.4 Å². The first-order valence-corrected chi connectivity index (χ1v) is 10.3. The van der Waals surface area contributed by atoms with Gasteiger partial charge in [-0.25, -0.2) is 12.7 Å². The quantitative estimate of drug-likeness (QED) is 0.821. The molecule has 24 heavy (non-hydrogen) atoms. The number of nitrogens with zero attached hydrogens (tertiary/aromatic N) is 2. The zero-order valence-corrected chi connectivity index (χ0v) is 15.4. The number of carbonyl (C=O) groups is 1. The Morgan fingerprint density at radius 2 is 1.71 bits per heavy atom. The van der Waals surface area contributed by atoms with Gasteiger partial charge in [-0.3, -0.25) is 4.79 Å². The van der Waals surface area contributed by atoms with Gasteiger partial charge >= 0.3 is 0 Å². The van der Waals surface area contributed by atoms with E-state index < -0.39 is 10.0 Å². The van der Waals surface area contributed by atoms with Crippen LogP contribution in [-0.2, 0) is 10.0 Å². The van der Waals surface area contributed by atoms with E-state index in [-0.39, 0.29) is 11.2 Å². The number of hydrogen-bond acceptors (Lipinski definition) is 3. The van der Waals surface area contributed by atoms with Gasteiger partial charge in [-0.1, -0.05) is 11.6 Å². The molecule has 0 spiro atoms. The van der Waals surface area contributed by atoms with Crippen LogP contribution >= 0.6 is 11.6 Å². The third kappa shape index (κ3) is 3.60. The van der Waals surface area contributed by atoms with Crippen molar-refractivity contribution < 1.29 is 13.2 Å². The van der Waals surface area contributed by atoms with Crippen molar-refractivity contribution in [1.29, 1.82) is 0 Å². The van der Waals surface area contributed by atoms with E-state index in [4.69, 9.17) is 11.6 Å². The second-order valence-electron chi connectivity index (χ2n) is 6.66. The Bertz CT molecular complexity index is 701. The average Bonchev–Trinajstić information content (AvgIpc) is 3.08. The van der Waals surface area contributed by atoms with Crippen LogP contribution in [0.15, 0.2) is 18.2 Å². The molecular weight excluding hydrogens is 348 g/mol.